The molecule has 1 aromatic heterocycles. The lowest BCUT2D eigenvalue weighted by Gasteiger charge is -2.09. The summed E-state index contributed by atoms with van der Waals surface area (Å²) in [4.78, 5) is 4.28. The van der Waals surface area contributed by atoms with E-state index in [9.17, 15) is 9.50 Å². The Morgan fingerprint density at radius 3 is 2.88 bits per heavy atom. The molecule has 0 saturated carbocycles. The molecule has 6 heteroatoms. The van der Waals surface area contributed by atoms with Gasteiger partial charge in [-0.25, -0.2) is 9.37 Å². The third-order valence-corrected chi connectivity index (χ3v) is 3.26. The molecule has 0 spiro atoms. The van der Waals surface area contributed by atoms with Crippen LogP contribution in [0.1, 0.15) is 16.5 Å². The molecule has 0 aliphatic heterocycles. The van der Waals surface area contributed by atoms with Gasteiger partial charge in [-0.15, -0.1) is 0 Å². The number of aliphatic hydroxyl groups excluding tert-OH is 1. The maximum atomic E-state index is 13.6. The summed E-state index contributed by atoms with van der Waals surface area (Å²) >= 11 is 6.74. The van der Waals surface area contributed by atoms with Gasteiger partial charge in [-0.05, 0) is 6.07 Å². The van der Waals surface area contributed by atoms with Crippen LogP contribution in [0.25, 0.3) is 0 Å². The van der Waals surface area contributed by atoms with Crippen molar-refractivity contribution in [3.63, 3.8) is 0 Å². The quantitative estimate of drug-likeness (QED) is 0.871. The van der Waals surface area contributed by atoms with Crippen molar-refractivity contribution in [1.82, 2.24) is 4.98 Å². The van der Waals surface area contributed by atoms with Crippen molar-refractivity contribution >= 4 is 28.1 Å². The lowest BCUT2D eigenvalue weighted by atomic mass is 10.1. The van der Waals surface area contributed by atoms with Gasteiger partial charge < -0.3 is 10.8 Å². The fraction of sp³-hybridized carbons (Fsp3) is 0.100. The van der Waals surface area contributed by atoms with Crippen molar-refractivity contribution in [2.45, 2.75) is 6.10 Å². The Balaban J connectivity index is 2.41. The smallest absolute Gasteiger partial charge is 0.180 e. The first-order valence-electron chi connectivity index (χ1n) is 4.42. The Labute approximate surface area is 100 Å². The van der Waals surface area contributed by atoms with Crippen LogP contribution in [0.3, 0.4) is 0 Å². The van der Waals surface area contributed by atoms with Gasteiger partial charge in [0.15, 0.2) is 5.13 Å². The Kier molecular flexibility index (Phi) is 3.09. The molecule has 3 nitrogen and oxygen atoms in total. The number of anilines is 1. The largest absolute Gasteiger partial charge is 0.383 e. The van der Waals surface area contributed by atoms with E-state index in [1.165, 1.54) is 18.3 Å². The fourth-order valence-corrected chi connectivity index (χ4v) is 2.18. The molecule has 0 fully saturated rings. The zero-order valence-corrected chi connectivity index (χ0v) is 9.60. The normalized spacial score (nSPS) is 12.7. The number of aliphatic hydroxyl groups is 1. The summed E-state index contributed by atoms with van der Waals surface area (Å²) in [7, 11) is 0. The van der Waals surface area contributed by atoms with E-state index < -0.39 is 11.9 Å². The molecular weight excluding hydrogens is 251 g/mol. The average Bonchev–Trinajstić information content (AvgIpc) is 2.68. The predicted molar refractivity (Wildman–Crippen MR) is 62.0 cm³/mol. The minimum absolute atomic E-state index is 0.0194. The van der Waals surface area contributed by atoms with Crippen LogP contribution in [0.15, 0.2) is 24.4 Å². The molecule has 2 rings (SSSR count). The molecule has 0 amide bonds. The van der Waals surface area contributed by atoms with Crippen molar-refractivity contribution < 1.29 is 9.50 Å². The van der Waals surface area contributed by atoms with Gasteiger partial charge in [0, 0.05) is 11.8 Å². The van der Waals surface area contributed by atoms with E-state index >= 15 is 0 Å². The first-order valence-corrected chi connectivity index (χ1v) is 5.62. The number of nitrogens with two attached hydrogens (primary N) is 1. The zero-order valence-electron chi connectivity index (χ0n) is 8.02. The van der Waals surface area contributed by atoms with Crippen LogP contribution in [0.2, 0.25) is 5.02 Å². The minimum atomic E-state index is -1.09. The summed E-state index contributed by atoms with van der Waals surface area (Å²) < 4.78 is 13.6. The number of thiazole rings is 1. The zero-order chi connectivity index (χ0) is 11.7. The third kappa shape index (κ3) is 2.02. The van der Waals surface area contributed by atoms with Crippen molar-refractivity contribution in [1.29, 1.82) is 0 Å². The topological polar surface area (TPSA) is 59.1 Å². The number of rotatable bonds is 2. The van der Waals surface area contributed by atoms with E-state index in [1.54, 1.807) is 6.07 Å². The highest BCUT2D eigenvalue weighted by Gasteiger charge is 2.18. The standard InChI is InChI=1S/C10H8ClFN2OS/c11-6-3-1-2-5(8(6)12)9(15)7-4-14-10(13)16-7/h1-4,9,15H,(H2,13,14). The molecule has 84 valence electrons. The Bertz CT molecular complexity index is 517. The molecule has 16 heavy (non-hydrogen) atoms. The molecule has 1 aromatic carbocycles. The van der Waals surface area contributed by atoms with Crippen LogP contribution < -0.4 is 5.73 Å². The first-order chi connectivity index (χ1) is 7.59. The maximum absolute atomic E-state index is 13.6. The molecule has 0 radical (unpaired) electrons. The van der Waals surface area contributed by atoms with Gasteiger partial charge in [0.2, 0.25) is 0 Å². The monoisotopic (exact) mass is 258 g/mol. The number of aromatic nitrogens is 1. The van der Waals surface area contributed by atoms with Crippen LogP contribution in [0.5, 0.6) is 0 Å². The van der Waals surface area contributed by atoms with Gasteiger partial charge in [-0.1, -0.05) is 35.1 Å². The summed E-state index contributed by atoms with van der Waals surface area (Å²) in [5.74, 6) is -0.622. The second kappa shape index (κ2) is 4.37. The Hall–Kier alpha value is -1.17. The van der Waals surface area contributed by atoms with Crippen LogP contribution >= 0.6 is 22.9 Å². The first kappa shape index (κ1) is 11.3. The molecule has 0 aliphatic carbocycles. The third-order valence-electron chi connectivity index (χ3n) is 2.09. The van der Waals surface area contributed by atoms with Crippen molar-refractivity contribution in [2.75, 3.05) is 5.73 Å². The van der Waals surface area contributed by atoms with E-state index in [2.05, 4.69) is 4.98 Å². The predicted octanol–water partition coefficient (Wildman–Crippen LogP) is 2.60. The number of nitrogens with zero attached hydrogens (tertiary/aromatic N) is 1. The van der Waals surface area contributed by atoms with E-state index in [1.807, 2.05) is 0 Å². The van der Waals surface area contributed by atoms with Gasteiger partial charge in [-0.3, -0.25) is 0 Å². The van der Waals surface area contributed by atoms with Crippen molar-refractivity contribution in [2.24, 2.45) is 0 Å². The summed E-state index contributed by atoms with van der Waals surface area (Å²) in [5.41, 5.74) is 5.56. The highest BCUT2D eigenvalue weighted by Crippen LogP contribution is 2.31. The second-order valence-electron chi connectivity index (χ2n) is 3.15. The van der Waals surface area contributed by atoms with Gasteiger partial charge in [-0.2, -0.15) is 0 Å². The fourth-order valence-electron chi connectivity index (χ4n) is 1.31. The van der Waals surface area contributed by atoms with Crippen LogP contribution in [-0.4, -0.2) is 10.1 Å². The minimum Gasteiger partial charge on any atom is -0.383 e. The molecule has 0 bridgehead atoms. The molecule has 3 N–H and O–H groups in total. The highest BCUT2D eigenvalue weighted by molar-refractivity contribution is 7.15. The lowest BCUT2D eigenvalue weighted by Crippen LogP contribution is -2.00. The summed E-state index contributed by atoms with van der Waals surface area (Å²) in [5, 5.41) is 10.2. The lowest BCUT2D eigenvalue weighted by molar-refractivity contribution is 0.218. The molecular formula is C10H8ClFN2OS. The molecule has 2 aromatic rings. The molecule has 1 unspecified atom stereocenters. The van der Waals surface area contributed by atoms with E-state index in [0.717, 1.165) is 11.3 Å². The van der Waals surface area contributed by atoms with E-state index in [0.29, 0.717) is 10.0 Å². The molecule has 1 atom stereocenters. The van der Waals surface area contributed by atoms with E-state index in [-0.39, 0.29) is 10.6 Å². The second-order valence-corrected chi connectivity index (χ2v) is 4.65. The summed E-state index contributed by atoms with van der Waals surface area (Å²) in [6.45, 7) is 0. The number of halogens is 2. The van der Waals surface area contributed by atoms with E-state index in [4.69, 9.17) is 17.3 Å². The maximum Gasteiger partial charge on any atom is 0.180 e. The van der Waals surface area contributed by atoms with Crippen LogP contribution in [0.4, 0.5) is 9.52 Å². The molecule has 0 aliphatic rings. The molecule has 0 saturated heterocycles. The van der Waals surface area contributed by atoms with Crippen LogP contribution in [0, 0.1) is 5.82 Å². The Morgan fingerprint density at radius 2 is 2.25 bits per heavy atom. The molecule has 1 heterocycles. The Morgan fingerprint density at radius 1 is 1.50 bits per heavy atom. The number of benzene rings is 1. The van der Waals surface area contributed by atoms with Gasteiger partial charge in [0.1, 0.15) is 11.9 Å². The average molecular weight is 259 g/mol. The van der Waals surface area contributed by atoms with Crippen LogP contribution in [-0.2, 0) is 0 Å². The summed E-state index contributed by atoms with van der Waals surface area (Å²) in [6.07, 6.45) is 0.332. The number of hydrogen-bond donors (Lipinski definition) is 2. The number of nitrogen functional groups attached to an aromatic ring is 1. The van der Waals surface area contributed by atoms with Crippen molar-refractivity contribution in [3.05, 3.63) is 45.7 Å². The van der Waals surface area contributed by atoms with Crippen molar-refractivity contribution in [3.8, 4) is 0 Å². The van der Waals surface area contributed by atoms with Gasteiger partial charge in [0.05, 0.1) is 9.90 Å². The number of hydrogen-bond acceptors (Lipinski definition) is 4. The highest BCUT2D eigenvalue weighted by atomic mass is 35.5. The summed E-state index contributed by atoms with van der Waals surface area (Å²) in [6, 6.07) is 4.48. The van der Waals surface area contributed by atoms with Gasteiger partial charge in [0.25, 0.3) is 0 Å². The SMILES string of the molecule is Nc1ncc(C(O)c2cccc(Cl)c2F)s1. The van der Waals surface area contributed by atoms with Gasteiger partial charge >= 0.3 is 0 Å².